The van der Waals surface area contributed by atoms with Crippen molar-refractivity contribution in [1.82, 2.24) is 5.32 Å². The van der Waals surface area contributed by atoms with Crippen LogP contribution in [0.25, 0.3) is 0 Å². The summed E-state index contributed by atoms with van der Waals surface area (Å²) in [6.07, 6.45) is 0.765. The third-order valence-electron chi connectivity index (χ3n) is 4.06. The van der Waals surface area contributed by atoms with Crippen LogP contribution in [0.5, 0.6) is 11.5 Å². The lowest BCUT2D eigenvalue weighted by Crippen LogP contribution is -2.30. The number of carbonyl (C=O) groups excluding carboxylic acids is 1. The van der Waals surface area contributed by atoms with Crippen LogP contribution in [-0.2, 0) is 0 Å². The van der Waals surface area contributed by atoms with Crippen LogP contribution in [0.4, 0.5) is 4.39 Å². The van der Waals surface area contributed by atoms with Gasteiger partial charge in [0.1, 0.15) is 5.82 Å². The lowest BCUT2D eigenvalue weighted by molar-refractivity contribution is 0.0934. The van der Waals surface area contributed by atoms with Gasteiger partial charge in [0, 0.05) is 16.2 Å². The number of nitrogens with one attached hydrogen (secondary N) is 1. The van der Waals surface area contributed by atoms with Crippen LogP contribution in [-0.4, -0.2) is 25.4 Å². The van der Waals surface area contributed by atoms with E-state index in [2.05, 4.69) is 5.32 Å². The Kier molecular flexibility index (Phi) is 5.48. The molecule has 2 aromatic rings. The van der Waals surface area contributed by atoms with Crippen LogP contribution >= 0.6 is 11.8 Å². The normalized spacial score (nSPS) is 16.0. The third-order valence-corrected chi connectivity index (χ3v) is 5.22. The highest BCUT2D eigenvalue weighted by molar-refractivity contribution is 7.99. The van der Waals surface area contributed by atoms with Crippen molar-refractivity contribution in [1.29, 1.82) is 0 Å². The Labute approximate surface area is 150 Å². The minimum absolute atomic E-state index is 0.197. The standard InChI is InChI=1S/C19H20FNO3S/c1-3-24-17-11-12(7-8-16(17)23-2)19(22)21-15-9-10-25-18-13(15)5-4-6-14(18)20/h4-8,11,15H,3,9-10H2,1-2H3,(H,21,22). The Bertz CT molecular complexity index is 781. The van der Waals surface area contributed by atoms with Gasteiger partial charge in [-0.2, -0.15) is 0 Å². The van der Waals surface area contributed by atoms with Crippen molar-refractivity contribution in [3.8, 4) is 11.5 Å². The van der Waals surface area contributed by atoms with E-state index >= 15 is 0 Å². The number of thioether (sulfide) groups is 1. The summed E-state index contributed by atoms with van der Waals surface area (Å²) >= 11 is 1.49. The molecule has 0 spiro atoms. The topological polar surface area (TPSA) is 47.6 Å². The number of halogens is 1. The minimum Gasteiger partial charge on any atom is -0.493 e. The van der Waals surface area contributed by atoms with E-state index in [1.807, 2.05) is 13.0 Å². The number of rotatable bonds is 5. The molecule has 2 aromatic carbocycles. The molecule has 1 aliphatic heterocycles. The Morgan fingerprint density at radius 3 is 2.92 bits per heavy atom. The van der Waals surface area contributed by atoms with Gasteiger partial charge in [-0.25, -0.2) is 4.39 Å². The molecule has 3 rings (SSSR count). The highest BCUT2D eigenvalue weighted by Crippen LogP contribution is 2.38. The summed E-state index contributed by atoms with van der Waals surface area (Å²) in [6.45, 7) is 2.35. The number of methoxy groups -OCH3 is 1. The molecular weight excluding hydrogens is 341 g/mol. The van der Waals surface area contributed by atoms with E-state index in [0.29, 0.717) is 28.6 Å². The Hall–Kier alpha value is -2.21. The van der Waals surface area contributed by atoms with Crippen molar-refractivity contribution >= 4 is 17.7 Å². The largest absolute Gasteiger partial charge is 0.493 e. The van der Waals surface area contributed by atoms with Crippen molar-refractivity contribution in [3.63, 3.8) is 0 Å². The first-order chi connectivity index (χ1) is 12.1. The second-order valence-electron chi connectivity index (χ2n) is 5.62. The van der Waals surface area contributed by atoms with Gasteiger partial charge in [0.15, 0.2) is 11.5 Å². The number of ether oxygens (including phenoxy) is 2. The van der Waals surface area contributed by atoms with Crippen molar-refractivity contribution in [2.24, 2.45) is 0 Å². The van der Waals surface area contributed by atoms with Gasteiger partial charge in [-0.15, -0.1) is 11.8 Å². The van der Waals surface area contributed by atoms with Crippen LogP contribution in [0, 0.1) is 5.82 Å². The fourth-order valence-corrected chi connectivity index (χ4v) is 4.00. The van der Waals surface area contributed by atoms with Crippen molar-refractivity contribution in [2.75, 3.05) is 19.5 Å². The molecule has 1 unspecified atom stereocenters. The Balaban J connectivity index is 1.82. The zero-order valence-electron chi connectivity index (χ0n) is 14.2. The fraction of sp³-hybridized carbons (Fsp3) is 0.316. The first kappa shape index (κ1) is 17.6. The van der Waals surface area contributed by atoms with E-state index in [0.717, 1.165) is 17.7 Å². The quantitative estimate of drug-likeness (QED) is 0.867. The zero-order chi connectivity index (χ0) is 17.8. The maximum absolute atomic E-state index is 14.0. The predicted molar refractivity (Wildman–Crippen MR) is 96.1 cm³/mol. The number of benzene rings is 2. The minimum atomic E-state index is -0.232. The molecular formula is C19H20FNO3S. The SMILES string of the molecule is CCOc1cc(C(=O)NC2CCSc3c(F)cccc32)ccc1OC. The molecule has 132 valence electrons. The van der Waals surface area contributed by atoms with E-state index in [4.69, 9.17) is 9.47 Å². The highest BCUT2D eigenvalue weighted by Gasteiger charge is 2.25. The maximum atomic E-state index is 14.0. The van der Waals surface area contributed by atoms with Gasteiger partial charge in [0.2, 0.25) is 0 Å². The van der Waals surface area contributed by atoms with E-state index in [1.54, 1.807) is 31.4 Å². The molecule has 0 fully saturated rings. The number of hydrogen-bond acceptors (Lipinski definition) is 4. The van der Waals surface area contributed by atoms with Gasteiger partial charge < -0.3 is 14.8 Å². The fourth-order valence-electron chi connectivity index (χ4n) is 2.86. The molecule has 0 aromatic heterocycles. The van der Waals surface area contributed by atoms with Gasteiger partial charge >= 0.3 is 0 Å². The monoisotopic (exact) mass is 361 g/mol. The van der Waals surface area contributed by atoms with E-state index in [9.17, 15) is 9.18 Å². The molecule has 6 heteroatoms. The summed E-state index contributed by atoms with van der Waals surface area (Å²) in [6, 6.07) is 9.88. The second-order valence-corrected chi connectivity index (χ2v) is 6.73. The third kappa shape index (κ3) is 3.74. The maximum Gasteiger partial charge on any atom is 0.251 e. The Morgan fingerprint density at radius 2 is 2.16 bits per heavy atom. The average molecular weight is 361 g/mol. The van der Waals surface area contributed by atoms with Gasteiger partial charge in [0.05, 0.1) is 19.8 Å². The number of fused-ring (bicyclic) bond motifs is 1. The molecule has 1 amide bonds. The van der Waals surface area contributed by atoms with Crippen LogP contribution in [0.2, 0.25) is 0 Å². The summed E-state index contributed by atoms with van der Waals surface area (Å²) in [5.74, 6) is 1.44. The highest BCUT2D eigenvalue weighted by atomic mass is 32.2. The van der Waals surface area contributed by atoms with Crippen molar-refractivity contribution in [3.05, 3.63) is 53.3 Å². The van der Waals surface area contributed by atoms with Crippen molar-refractivity contribution in [2.45, 2.75) is 24.3 Å². The molecule has 0 radical (unpaired) electrons. The summed E-state index contributed by atoms with van der Waals surface area (Å²) in [5, 5.41) is 3.01. The van der Waals surface area contributed by atoms with E-state index in [1.165, 1.54) is 17.8 Å². The number of carbonyl (C=O) groups is 1. The lowest BCUT2D eigenvalue weighted by atomic mass is 10.0. The molecule has 1 N–H and O–H groups in total. The molecule has 0 saturated carbocycles. The number of amides is 1. The van der Waals surface area contributed by atoms with Gasteiger partial charge in [-0.1, -0.05) is 12.1 Å². The van der Waals surface area contributed by atoms with Crippen molar-refractivity contribution < 1.29 is 18.7 Å². The van der Waals surface area contributed by atoms with Crippen LogP contribution < -0.4 is 14.8 Å². The Morgan fingerprint density at radius 1 is 1.32 bits per heavy atom. The first-order valence-corrected chi connectivity index (χ1v) is 9.15. The predicted octanol–water partition coefficient (Wildman–Crippen LogP) is 4.20. The summed E-state index contributed by atoms with van der Waals surface area (Å²) < 4.78 is 24.7. The van der Waals surface area contributed by atoms with Gasteiger partial charge in [-0.05, 0) is 43.2 Å². The average Bonchev–Trinajstić information content (AvgIpc) is 2.63. The molecule has 0 bridgehead atoms. The van der Waals surface area contributed by atoms with Crippen LogP contribution in [0.3, 0.4) is 0 Å². The molecule has 1 heterocycles. The smallest absolute Gasteiger partial charge is 0.251 e. The van der Waals surface area contributed by atoms with Crippen LogP contribution in [0.1, 0.15) is 35.3 Å². The lowest BCUT2D eigenvalue weighted by Gasteiger charge is -2.26. The van der Waals surface area contributed by atoms with Gasteiger partial charge in [0.25, 0.3) is 5.91 Å². The van der Waals surface area contributed by atoms with E-state index in [-0.39, 0.29) is 17.8 Å². The zero-order valence-corrected chi connectivity index (χ0v) is 15.0. The molecule has 0 saturated heterocycles. The summed E-state index contributed by atoms with van der Waals surface area (Å²) in [7, 11) is 1.56. The molecule has 1 atom stereocenters. The second kappa shape index (κ2) is 7.78. The molecule has 1 aliphatic rings. The number of hydrogen-bond donors (Lipinski definition) is 1. The van der Waals surface area contributed by atoms with E-state index < -0.39 is 0 Å². The van der Waals surface area contributed by atoms with Gasteiger partial charge in [-0.3, -0.25) is 4.79 Å². The summed E-state index contributed by atoms with van der Waals surface area (Å²) in [4.78, 5) is 13.3. The van der Waals surface area contributed by atoms with Crippen LogP contribution in [0.15, 0.2) is 41.3 Å². The first-order valence-electron chi connectivity index (χ1n) is 8.17. The molecule has 25 heavy (non-hydrogen) atoms. The molecule has 4 nitrogen and oxygen atoms in total. The molecule has 0 aliphatic carbocycles. The summed E-state index contributed by atoms with van der Waals surface area (Å²) in [5.41, 5.74) is 1.32.